The molecule has 0 heterocycles. The predicted molar refractivity (Wildman–Crippen MR) is 127 cm³/mol. The smallest absolute Gasteiger partial charge is 0.128 e. The summed E-state index contributed by atoms with van der Waals surface area (Å²) in [5, 5.41) is 1.31. The molecular formula is C26H19Cl2NO2. The van der Waals surface area contributed by atoms with E-state index in [1.54, 1.807) is 12.3 Å². The summed E-state index contributed by atoms with van der Waals surface area (Å²) in [6.45, 7) is 0.422. The Labute approximate surface area is 191 Å². The molecule has 0 aliphatic heterocycles. The number of aliphatic imine (C=N–C) groups is 1. The zero-order chi connectivity index (χ0) is 21.5. The normalized spacial score (nSPS) is 10.9. The summed E-state index contributed by atoms with van der Waals surface area (Å²) in [7, 11) is 0. The molecule has 31 heavy (non-hydrogen) atoms. The Morgan fingerprint density at radius 1 is 0.710 bits per heavy atom. The SMILES string of the molecule is Clc1ccc(COc2ccc(Cl)cc2C=Nc2ccc(Oc3ccccc3)cc2)cc1. The van der Waals surface area contributed by atoms with Crippen LogP contribution >= 0.6 is 23.2 Å². The summed E-state index contributed by atoms with van der Waals surface area (Å²) in [5.74, 6) is 2.24. The quantitative estimate of drug-likeness (QED) is 0.267. The lowest BCUT2D eigenvalue weighted by molar-refractivity contribution is 0.306. The predicted octanol–water partition coefficient (Wildman–Crippen LogP) is 8.12. The van der Waals surface area contributed by atoms with Crippen LogP contribution in [0.2, 0.25) is 10.0 Å². The van der Waals surface area contributed by atoms with E-state index in [0.717, 1.165) is 28.3 Å². The molecule has 0 spiro atoms. The van der Waals surface area contributed by atoms with Gasteiger partial charge in [0.1, 0.15) is 23.9 Å². The van der Waals surface area contributed by atoms with Gasteiger partial charge in [0, 0.05) is 21.8 Å². The maximum Gasteiger partial charge on any atom is 0.128 e. The Hall–Kier alpha value is -3.27. The van der Waals surface area contributed by atoms with Crippen molar-refractivity contribution in [3.63, 3.8) is 0 Å². The zero-order valence-corrected chi connectivity index (χ0v) is 18.1. The average molecular weight is 448 g/mol. The van der Waals surface area contributed by atoms with E-state index in [2.05, 4.69) is 4.99 Å². The monoisotopic (exact) mass is 447 g/mol. The van der Waals surface area contributed by atoms with Gasteiger partial charge in [0.25, 0.3) is 0 Å². The zero-order valence-electron chi connectivity index (χ0n) is 16.5. The number of ether oxygens (including phenoxy) is 2. The van der Waals surface area contributed by atoms with Gasteiger partial charge in [0.15, 0.2) is 0 Å². The number of para-hydroxylation sites is 1. The number of benzene rings is 4. The van der Waals surface area contributed by atoms with Crippen molar-refractivity contribution in [2.24, 2.45) is 4.99 Å². The van der Waals surface area contributed by atoms with Crippen LogP contribution in [0, 0.1) is 0 Å². The molecule has 0 aromatic heterocycles. The highest BCUT2D eigenvalue weighted by Gasteiger charge is 2.04. The van der Waals surface area contributed by atoms with Gasteiger partial charge in [0.05, 0.1) is 5.69 Å². The fourth-order valence-electron chi connectivity index (χ4n) is 2.86. The maximum absolute atomic E-state index is 6.18. The van der Waals surface area contributed by atoms with Crippen molar-refractivity contribution in [3.8, 4) is 17.2 Å². The summed E-state index contributed by atoms with van der Waals surface area (Å²) in [6.07, 6.45) is 1.75. The first kappa shape index (κ1) is 21.0. The molecule has 0 N–H and O–H groups in total. The van der Waals surface area contributed by atoms with Crippen LogP contribution in [-0.2, 0) is 6.61 Å². The lowest BCUT2D eigenvalue weighted by atomic mass is 10.2. The van der Waals surface area contributed by atoms with Gasteiger partial charge >= 0.3 is 0 Å². The van der Waals surface area contributed by atoms with Gasteiger partial charge in [-0.05, 0) is 72.3 Å². The molecule has 0 unspecified atom stereocenters. The Morgan fingerprint density at radius 2 is 1.39 bits per heavy atom. The molecule has 3 nitrogen and oxygen atoms in total. The molecule has 0 saturated heterocycles. The third-order valence-electron chi connectivity index (χ3n) is 4.45. The second-order valence-electron chi connectivity index (χ2n) is 6.76. The van der Waals surface area contributed by atoms with Crippen LogP contribution < -0.4 is 9.47 Å². The van der Waals surface area contributed by atoms with Crippen molar-refractivity contribution in [1.82, 2.24) is 0 Å². The van der Waals surface area contributed by atoms with E-state index in [1.165, 1.54) is 0 Å². The first-order valence-corrected chi connectivity index (χ1v) is 10.5. The van der Waals surface area contributed by atoms with Crippen molar-refractivity contribution in [2.75, 3.05) is 0 Å². The minimum Gasteiger partial charge on any atom is -0.488 e. The molecule has 4 rings (SSSR count). The summed E-state index contributed by atoms with van der Waals surface area (Å²) in [6, 6.07) is 30.2. The second-order valence-corrected chi connectivity index (χ2v) is 7.64. The minimum atomic E-state index is 0.422. The minimum absolute atomic E-state index is 0.422. The van der Waals surface area contributed by atoms with E-state index in [1.807, 2.05) is 91.0 Å². The van der Waals surface area contributed by atoms with E-state index in [-0.39, 0.29) is 0 Å². The van der Waals surface area contributed by atoms with Crippen LogP contribution in [0.25, 0.3) is 0 Å². The summed E-state index contributed by atoms with van der Waals surface area (Å²) < 4.78 is 11.8. The number of hydrogen-bond acceptors (Lipinski definition) is 3. The van der Waals surface area contributed by atoms with Crippen LogP contribution in [0.1, 0.15) is 11.1 Å². The molecule has 0 aliphatic carbocycles. The average Bonchev–Trinajstić information content (AvgIpc) is 2.80. The first-order valence-electron chi connectivity index (χ1n) is 9.69. The highest BCUT2D eigenvalue weighted by atomic mass is 35.5. The molecule has 0 amide bonds. The fourth-order valence-corrected chi connectivity index (χ4v) is 3.17. The van der Waals surface area contributed by atoms with Crippen molar-refractivity contribution < 1.29 is 9.47 Å². The second kappa shape index (κ2) is 10.2. The van der Waals surface area contributed by atoms with Gasteiger partial charge in [0.2, 0.25) is 0 Å². The summed E-state index contributed by atoms with van der Waals surface area (Å²) in [4.78, 5) is 4.56. The van der Waals surface area contributed by atoms with Crippen LogP contribution in [-0.4, -0.2) is 6.21 Å². The lowest BCUT2D eigenvalue weighted by Crippen LogP contribution is -1.98. The molecule has 0 bridgehead atoms. The van der Waals surface area contributed by atoms with Crippen LogP contribution in [0.15, 0.2) is 102 Å². The van der Waals surface area contributed by atoms with E-state index in [4.69, 9.17) is 32.7 Å². The van der Waals surface area contributed by atoms with Crippen LogP contribution in [0.4, 0.5) is 5.69 Å². The van der Waals surface area contributed by atoms with Crippen molar-refractivity contribution in [3.05, 3.63) is 118 Å². The standard InChI is InChI=1S/C26H19Cl2NO2/c27-21-8-6-19(7-9-21)18-30-26-15-10-22(28)16-20(26)17-29-23-11-13-25(14-12-23)31-24-4-2-1-3-5-24/h1-17H,18H2. The largest absolute Gasteiger partial charge is 0.488 e. The van der Waals surface area contributed by atoms with Gasteiger partial charge in [-0.2, -0.15) is 0 Å². The molecule has 0 radical (unpaired) electrons. The molecule has 0 saturated carbocycles. The van der Waals surface area contributed by atoms with E-state index < -0.39 is 0 Å². The topological polar surface area (TPSA) is 30.8 Å². The Bertz CT molecular complexity index is 1160. The van der Waals surface area contributed by atoms with Gasteiger partial charge in [-0.3, -0.25) is 4.99 Å². The number of hydrogen-bond donors (Lipinski definition) is 0. The molecule has 4 aromatic rings. The molecule has 0 fully saturated rings. The van der Waals surface area contributed by atoms with E-state index in [9.17, 15) is 0 Å². The van der Waals surface area contributed by atoms with Crippen LogP contribution in [0.3, 0.4) is 0 Å². The van der Waals surface area contributed by atoms with Crippen molar-refractivity contribution in [1.29, 1.82) is 0 Å². The van der Waals surface area contributed by atoms with Crippen molar-refractivity contribution >= 4 is 35.1 Å². The third kappa shape index (κ3) is 6.11. The number of nitrogens with zero attached hydrogens (tertiary/aromatic N) is 1. The maximum atomic E-state index is 6.18. The van der Waals surface area contributed by atoms with E-state index >= 15 is 0 Å². The molecule has 0 aliphatic rings. The third-order valence-corrected chi connectivity index (χ3v) is 4.93. The molecule has 0 atom stereocenters. The van der Waals surface area contributed by atoms with Crippen molar-refractivity contribution in [2.45, 2.75) is 6.61 Å². The lowest BCUT2D eigenvalue weighted by Gasteiger charge is -2.10. The van der Waals surface area contributed by atoms with Gasteiger partial charge < -0.3 is 9.47 Å². The molecule has 4 aromatic carbocycles. The number of halogens is 2. The highest BCUT2D eigenvalue weighted by Crippen LogP contribution is 2.26. The Kier molecular flexibility index (Phi) is 6.88. The highest BCUT2D eigenvalue weighted by molar-refractivity contribution is 6.31. The molecular weight excluding hydrogens is 429 g/mol. The van der Waals surface area contributed by atoms with E-state index in [0.29, 0.717) is 22.4 Å². The van der Waals surface area contributed by atoms with Gasteiger partial charge in [-0.25, -0.2) is 0 Å². The van der Waals surface area contributed by atoms with Gasteiger partial charge in [-0.1, -0.05) is 53.5 Å². The van der Waals surface area contributed by atoms with Crippen LogP contribution in [0.5, 0.6) is 17.2 Å². The summed E-state index contributed by atoms with van der Waals surface area (Å²) >= 11 is 12.1. The first-order chi connectivity index (χ1) is 15.2. The Balaban J connectivity index is 1.45. The fraction of sp³-hybridized carbons (Fsp3) is 0.0385. The van der Waals surface area contributed by atoms with Gasteiger partial charge in [-0.15, -0.1) is 0 Å². The summed E-state index contributed by atoms with van der Waals surface area (Å²) in [5.41, 5.74) is 2.62. The molecule has 154 valence electrons. The Morgan fingerprint density at radius 3 is 2.13 bits per heavy atom. The number of rotatable bonds is 7. The molecule has 5 heteroatoms.